The number of hydrogen-bond donors (Lipinski definition) is 1. The summed E-state index contributed by atoms with van der Waals surface area (Å²) >= 11 is 0. The molecule has 0 radical (unpaired) electrons. The SMILES string of the molecule is CCn1cc(NC2C3CC4CC(C3)CC2C4)ccc1=O. The number of rotatable bonds is 3. The first-order valence-corrected chi connectivity index (χ1v) is 8.20. The molecule has 3 heteroatoms. The molecule has 3 nitrogen and oxygen atoms in total. The first-order valence-electron chi connectivity index (χ1n) is 8.20. The van der Waals surface area contributed by atoms with Gasteiger partial charge in [-0.1, -0.05) is 0 Å². The van der Waals surface area contributed by atoms with Crippen LogP contribution < -0.4 is 10.9 Å². The zero-order chi connectivity index (χ0) is 13.7. The molecule has 4 aliphatic rings. The van der Waals surface area contributed by atoms with Crippen LogP contribution in [0.15, 0.2) is 23.1 Å². The molecule has 0 spiro atoms. The third-order valence-electron chi connectivity index (χ3n) is 5.88. The first-order chi connectivity index (χ1) is 9.72. The fourth-order valence-corrected chi connectivity index (χ4v) is 5.22. The second kappa shape index (κ2) is 4.64. The molecule has 0 aromatic carbocycles. The lowest BCUT2D eigenvalue weighted by molar-refractivity contribution is 0.00752. The molecule has 0 unspecified atom stereocenters. The van der Waals surface area contributed by atoms with E-state index in [1.807, 2.05) is 19.2 Å². The zero-order valence-corrected chi connectivity index (χ0v) is 12.2. The summed E-state index contributed by atoms with van der Waals surface area (Å²) in [6.07, 6.45) is 9.21. The second-order valence-corrected chi connectivity index (χ2v) is 7.14. The monoisotopic (exact) mass is 272 g/mol. The van der Waals surface area contributed by atoms with Crippen molar-refractivity contribution in [2.75, 3.05) is 5.32 Å². The number of anilines is 1. The standard InChI is InChI=1S/C17H24N2O/c1-2-19-10-15(3-4-16(19)20)18-17-13-6-11-5-12(8-13)9-14(17)7-11/h3-4,10-14,17-18H,2,5-9H2,1H3. The van der Waals surface area contributed by atoms with Crippen molar-refractivity contribution in [3.63, 3.8) is 0 Å². The Kier molecular flexibility index (Phi) is 2.90. The summed E-state index contributed by atoms with van der Waals surface area (Å²) in [6.45, 7) is 2.77. The Labute approximate surface area is 120 Å². The molecule has 0 saturated heterocycles. The van der Waals surface area contributed by atoms with Crippen LogP contribution in [-0.4, -0.2) is 10.6 Å². The van der Waals surface area contributed by atoms with Crippen LogP contribution in [0, 0.1) is 23.7 Å². The molecule has 1 aromatic rings. The van der Waals surface area contributed by atoms with E-state index < -0.39 is 0 Å². The average Bonchev–Trinajstić information content (AvgIpc) is 2.44. The van der Waals surface area contributed by atoms with Gasteiger partial charge >= 0.3 is 0 Å². The maximum atomic E-state index is 11.7. The van der Waals surface area contributed by atoms with Crippen LogP contribution in [0.1, 0.15) is 39.0 Å². The van der Waals surface area contributed by atoms with E-state index >= 15 is 0 Å². The van der Waals surface area contributed by atoms with Crippen LogP contribution in [0.3, 0.4) is 0 Å². The Morgan fingerprint density at radius 1 is 1.10 bits per heavy atom. The van der Waals surface area contributed by atoms with Gasteiger partial charge in [-0.25, -0.2) is 0 Å². The smallest absolute Gasteiger partial charge is 0.250 e. The third kappa shape index (κ3) is 1.99. The molecule has 4 saturated carbocycles. The average molecular weight is 272 g/mol. The molecule has 4 aliphatic carbocycles. The number of nitrogens with zero attached hydrogens (tertiary/aromatic N) is 1. The Balaban J connectivity index is 1.56. The summed E-state index contributed by atoms with van der Waals surface area (Å²) in [5.74, 6) is 3.77. The Hall–Kier alpha value is -1.25. The fraction of sp³-hybridized carbons (Fsp3) is 0.706. The normalized spacial score (nSPS) is 38.1. The number of aryl methyl sites for hydroxylation is 1. The van der Waals surface area contributed by atoms with Gasteiger partial charge in [0.25, 0.3) is 5.56 Å². The highest BCUT2D eigenvalue weighted by atomic mass is 16.1. The van der Waals surface area contributed by atoms with Crippen LogP contribution in [0.4, 0.5) is 5.69 Å². The van der Waals surface area contributed by atoms with Gasteiger partial charge < -0.3 is 9.88 Å². The lowest BCUT2D eigenvalue weighted by Gasteiger charge is -2.54. The van der Waals surface area contributed by atoms with Crippen LogP contribution in [0.5, 0.6) is 0 Å². The molecule has 20 heavy (non-hydrogen) atoms. The lowest BCUT2D eigenvalue weighted by Crippen LogP contribution is -2.51. The minimum absolute atomic E-state index is 0.100. The second-order valence-electron chi connectivity index (χ2n) is 7.14. The van der Waals surface area contributed by atoms with E-state index in [-0.39, 0.29) is 5.56 Å². The van der Waals surface area contributed by atoms with Crippen LogP contribution in [0.2, 0.25) is 0 Å². The number of aromatic nitrogens is 1. The largest absolute Gasteiger partial charge is 0.381 e. The van der Waals surface area contributed by atoms with Gasteiger partial charge in [-0.05, 0) is 68.8 Å². The van der Waals surface area contributed by atoms with Crippen molar-refractivity contribution >= 4 is 5.69 Å². The van der Waals surface area contributed by atoms with Crippen molar-refractivity contribution in [1.29, 1.82) is 0 Å². The number of pyridine rings is 1. The Morgan fingerprint density at radius 2 is 1.75 bits per heavy atom. The molecule has 0 atom stereocenters. The summed E-state index contributed by atoms with van der Waals surface area (Å²) in [7, 11) is 0. The fourth-order valence-electron chi connectivity index (χ4n) is 5.22. The maximum Gasteiger partial charge on any atom is 0.250 e. The molecule has 0 aliphatic heterocycles. The van der Waals surface area contributed by atoms with Crippen molar-refractivity contribution in [2.24, 2.45) is 23.7 Å². The first kappa shape index (κ1) is 12.5. The predicted octanol–water partition coefficient (Wildman–Crippen LogP) is 3.10. The molecule has 4 fully saturated rings. The zero-order valence-electron chi connectivity index (χ0n) is 12.2. The molecular weight excluding hydrogens is 248 g/mol. The highest BCUT2D eigenvalue weighted by Crippen LogP contribution is 2.54. The highest BCUT2D eigenvalue weighted by molar-refractivity contribution is 5.42. The molecule has 1 heterocycles. The Morgan fingerprint density at radius 3 is 2.35 bits per heavy atom. The van der Waals surface area contributed by atoms with Crippen molar-refractivity contribution in [2.45, 2.75) is 51.6 Å². The van der Waals surface area contributed by atoms with Crippen LogP contribution >= 0.6 is 0 Å². The summed E-state index contributed by atoms with van der Waals surface area (Å²) in [5, 5.41) is 3.77. The van der Waals surface area contributed by atoms with Crippen LogP contribution in [-0.2, 0) is 6.54 Å². The van der Waals surface area contributed by atoms with E-state index in [0.717, 1.165) is 35.9 Å². The minimum Gasteiger partial charge on any atom is -0.381 e. The van der Waals surface area contributed by atoms with Gasteiger partial charge in [-0.15, -0.1) is 0 Å². The molecule has 1 aromatic heterocycles. The van der Waals surface area contributed by atoms with E-state index in [0.29, 0.717) is 6.04 Å². The third-order valence-corrected chi connectivity index (χ3v) is 5.88. The van der Waals surface area contributed by atoms with Crippen LogP contribution in [0.25, 0.3) is 0 Å². The number of nitrogens with one attached hydrogen (secondary N) is 1. The molecule has 0 amide bonds. The summed E-state index contributed by atoms with van der Waals surface area (Å²) in [4.78, 5) is 11.7. The minimum atomic E-state index is 0.100. The van der Waals surface area contributed by atoms with Crippen molar-refractivity contribution in [3.05, 3.63) is 28.7 Å². The summed E-state index contributed by atoms with van der Waals surface area (Å²) in [6, 6.07) is 4.30. The van der Waals surface area contributed by atoms with E-state index in [2.05, 4.69) is 5.32 Å². The molecule has 108 valence electrons. The van der Waals surface area contributed by atoms with Crippen molar-refractivity contribution < 1.29 is 0 Å². The number of hydrogen-bond acceptors (Lipinski definition) is 2. The van der Waals surface area contributed by atoms with Gasteiger partial charge in [-0.2, -0.15) is 0 Å². The van der Waals surface area contributed by atoms with Crippen molar-refractivity contribution in [3.8, 4) is 0 Å². The van der Waals surface area contributed by atoms with Gasteiger partial charge in [0.15, 0.2) is 0 Å². The van der Waals surface area contributed by atoms with Gasteiger partial charge in [0.05, 0.1) is 5.69 Å². The molecule has 4 bridgehead atoms. The van der Waals surface area contributed by atoms with E-state index in [1.54, 1.807) is 10.6 Å². The quantitative estimate of drug-likeness (QED) is 0.917. The van der Waals surface area contributed by atoms with Gasteiger partial charge in [0, 0.05) is 24.8 Å². The molecular formula is C17H24N2O. The summed E-state index contributed by atoms with van der Waals surface area (Å²) in [5.41, 5.74) is 1.23. The predicted molar refractivity (Wildman–Crippen MR) is 80.8 cm³/mol. The lowest BCUT2D eigenvalue weighted by atomic mass is 9.54. The van der Waals surface area contributed by atoms with E-state index in [1.165, 1.54) is 32.1 Å². The van der Waals surface area contributed by atoms with E-state index in [4.69, 9.17) is 0 Å². The van der Waals surface area contributed by atoms with Crippen molar-refractivity contribution in [1.82, 2.24) is 4.57 Å². The van der Waals surface area contributed by atoms with Gasteiger partial charge in [0.1, 0.15) is 0 Å². The van der Waals surface area contributed by atoms with Gasteiger partial charge in [0.2, 0.25) is 0 Å². The molecule has 5 rings (SSSR count). The highest BCUT2D eigenvalue weighted by Gasteiger charge is 2.48. The topological polar surface area (TPSA) is 34.0 Å². The molecule has 1 N–H and O–H groups in total. The van der Waals surface area contributed by atoms with E-state index in [9.17, 15) is 4.79 Å². The summed E-state index contributed by atoms with van der Waals surface area (Å²) < 4.78 is 1.79. The van der Waals surface area contributed by atoms with Gasteiger partial charge in [-0.3, -0.25) is 4.79 Å². The maximum absolute atomic E-state index is 11.7. The Bertz CT molecular complexity index is 534.